The zero-order valence-corrected chi connectivity index (χ0v) is 15.4. The second-order valence-electron chi connectivity index (χ2n) is 5.99. The normalized spacial score (nSPS) is 10.5. The second kappa shape index (κ2) is 9.19. The average Bonchev–Trinajstić information content (AvgIpc) is 2.74. The predicted molar refractivity (Wildman–Crippen MR) is 111 cm³/mol. The molecule has 5 nitrogen and oxygen atoms in total. The summed E-state index contributed by atoms with van der Waals surface area (Å²) >= 11 is 0. The molecule has 0 aliphatic rings. The number of hydrogen-bond acceptors (Lipinski definition) is 3. The predicted octanol–water partition coefficient (Wildman–Crippen LogP) is 4.60. The fraction of sp³-hybridized carbons (Fsp3) is 0.0435. The number of benzene rings is 3. The van der Waals surface area contributed by atoms with Gasteiger partial charge in [0.05, 0.1) is 7.11 Å². The van der Waals surface area contributed by atoms with Crippen LogP contribution < -0.4 is 15.4 Å². The molecule has 3 rings (SSSR count). The number of carbonyl (C=O) groups is 2. The SMILES string of the molecule is COc1ccc(/C=C/C(=O)Nc2ccc(NC(=O)c3ccccc3)cc2)cc1. The van der Waals surface area contributed by atoms with E-state index in [1.807, 2.05) is 42.5 Å². The van der Waals surface area contributed by atoms with Crippen LogP contribution in [0, 0.1) is 0 Å². The van der Waals surface area contributed by atoms with Gasteiger partial charge >= 0.3 is 0 Å². The molecule has 5 heteroatoms. The Morgan fingerprint density at radius 3 is 2.00 bits per heavy atom. The molecule has 0 saturated heterocycles. The van der Waals surface area contributed by atoms with Crippen LogP contribution in [0.3, 0.4) is 0 Å². The van der Waals surface area contributed by atoms with Crippen molar-refractivity contribution in [3.05, 3.63) is 96.1 Å². The van der Waals surface area contributed by atoms with Crippen molar-refractivity contribution in [2.75, 3.05) is 17.7 Å². The highest BCUT2D eigenvalue weighted by atomic mass is 16.5. The van der Waals surface area contributed by atoms with E-state index in [4.69, 9.17) is 4.74 Å². The molecular weight excluding hydrogens is 352 g/mol. The van der Waals surface area contributed by atoms with Crippen molar-refractivity contribution < 1.29 is 14.3 Å². The van der Waals surface area contributed by atoms with Crippen molar-refractivity contribution >= 4 is 29.3 Å². The first-order valence-corrected chi connectivity index (χ1v) is 8.73. The van der Waals surface area contributed by atoms with Crippen LogP contribution in [0.1, 0.15) is 15.9 Å². The molecule has 0 aliphatic carbocycles. The summed E-state index contributed by atoms with van der Waals surface area (Å²) in [5, 5.41) is 5.60. The van der Waals surface area contributed by atoms with Crippen LogP contribution in [0.15, 0.2) is 84.9 Å². The lowest BCUT2D eigenvalue weighted by Crippen LogP contribution is -2.12. The van der Waals surface area contributed by atoms with E-state index in [1.54, 1.807) is 49.6 Å². The van der Waals surface area contributed by atoms with Gasteiger partial charge in [0.25, 0.3) is 5.91 Å². The molecule has 0 radical (unpaired) electrons. The van der Waals surface area contributed by atoms with Gasteiger partial charge in [0.15, 0.2) is 0 Å². The van der Waals surface area contributed by atoms with Crippen LogP contribution in [0.2, 0.25) is 0 Å². The van der Waals surface area contributed by atoms with Gasteiger partial charge in [0.1, 0.15) is 5.75 Å². The standard InChI is InChI=1S/C23H20N2O3/c1-28-21-14-7-17(8-15-21)9-16-22(26)24-19-10-12-20(13-11-19)25-23(27)18-5-3-2-4-6-18/h2-16H,1H3,(H,24,26)(H,25,27)/b16-9+. The van der Waals surface area contributed by atoms with Crippen molar-refractivity contribution in [1.29, 1.82) is 0 Å². The Balaban J connectivity index is 1.55. The highest BCUT2D eigenvalue weighted by Gasteiger charge is 2.05. The zero-order chi connectivity index (χ0) is 19.8. The number of nitrogens with one attached hydrogen (secondary N) is 2. The quantitative estimate of drug-likeness (QED) is 0.622. The molecule has 0 bridgehead atoms. The monoisotopic (exact) mass is 372 g/mol. The molecular formula is C23H20N2O3. The van der Waals surface area contributed by atoms with Gasteiger partial charge in [-0.1, -0.05) is 30.3 Å². The molecule has 140 valence electrons. The van der Waals surface area contributed by atoms with Crippen molar-refractivity contribution in [3.63, 3.8) is 0 Å². The Labute approximate surface area is 163 Å². The zero-order valence-electron chi connectivity index (χ0n) is 15.4. The molecule has 3 aromatic carbocycles. The number of amides is 2. The summed E-state index contributed by atoms with van der Waals surface area (Å²) in [6.07, 6.45) is 3.19. The maximum atomic E-state index is 12.1. The van der Waals surface area contributed by atoms with Gasteiger partial charge in [-0.05, 0) is 60.2 Å². The van der Waals surface area contributed by atoms with Crippen molar-refractivity contribution in [2.45, 2.75) is 0 Å². The van der Waals surface area contributed by atoms with Crippen LogP contribution in [-0.2, 0) is 4.79 Å². The summed E-state index contributed by atoms with van der Waals surface area (Å²) in [5.41, 5.74) is 2.78. The van der Waals surface area contributed by atoms with Crippen molar-refractivity contribution in [3.8, 4) is 5.75 Å². The Hall–Kier alpha value is -3.86. The van der Waals surface area contributed by atoms with Crippen molar-refractivity contribution in [2.24, 2.45) is 0 Å². The molecule has 3 aromatic rings. The van der Waals surface area contributed by atoms with Crippen LogP contribution in [0.5, 0.6) is 5.75 Å². The average molecular weight is 372 g/mol. The molecule has 0 atom stereocenters. The minimum absolute atomic E-state index is 0.181. The lowest BCUT2D eigenvalue weighted by molar-refractivity contribution is -0.111. The maximum Gasteiger partial charge on any atom is 0.255 e. The van der Waals surface area contributed by atoms with Gasteiger partial charge in [-0.15, -0.1) is 0 Å². The Kier molecular flexibility index (Phi) is 6.21. The highest BCUT2D eigenvalue weighted by molar-refractivity contribution is 6.05. The number of anilines is 2. The fourth-order valence-electron chi connectivity index (χ4n) is 2.50. The topological polar surface area (TPSA) is 67.4 Å². The number of carbonyl (C=O) groups excluding carboxylic acids is 2. The van der Waals surface area contributed by atoms with Gasteiger partial charge in [0.2, 0.25) is 5.91 Å². The third kappa shape index (κ3) is 5.32. The van der Waals surface area contributed by atoms with E-state index in [-0.39, 0.29) is 11.8 Å². The number of rotatable bonds is 6. The van der Waals surface area contributed by atoms with E-state index in [0.29, 0.717) is 16.9 Å². The van der Waals surface area contributed by atoms with Gasteiger partial charge in [-0.25, -0.2) is 0 Å². The first-order chi connectivity index (χ1) is 13.6. The van der Waals surface area contributed by atoms with E-state index < -0.39 is 0 Å². The summed E-state index contributed by atoms with van der Waals surface area (Å²) in [7, 11) is 1.61. The van der Waals surface area contributed by atoms with Crippen LogP contribution in [0.4, 0.5) is 11.4 Å². The summed E-state index contributed by atoms with van der Waals surface area (Å²) in [6, 6.07) is 23.3. The third-order valence-corrected chi connectivity index (χ3v) is 3.99. The number of hydrogen-bond donors (Lipinski definition) is 2. The van der Waals surface area contributed by atoms with Crippen LogP contribution in [0.25, 0.3) is 6.08 Å². The van der Waals surface area contributed by atoms with Gasteiger partial charge in [0, 0.05) is 23.0 Å². The van der Waals surface area contributed by atoms with Gasteiger partial charge < -0.3 is 15.4 Å². The molecule has 2 amide bonds. The van der Waals surface area contributed by atoms with E-state index >= 15 is 0 Å². The van der Waals surface area contributed by atoms with E-state index in [2.05, 4.69) is 10.6 Å². The Morgan fingerprint density at radius 2 is 1.39 bits per heavy atom. The van der Waals surface area contributed by atoms with E-state index in [1.165, 1.54) is 6.08 Å². The summed E-state index contributed by atoms with van der Waals surface area (Å²) in [4.78, 5) is 24.2. The minimum Gasteiger partial charge on any atom is -0.497 e. The van der Waals surface area contributed by atoms with Crippen molar-refractivity contribution in [1.82, 2.24) is 0 Å². The van der Waals surface area contributed by atoms with Gasteiger partial charge in [-0.2, -0.15) is 0 Å². The first kappa shape index (κ1) is 18.9. The third-order valence-electron chi connectivity index (χ3n) is 3.99. The molecule has 0 aliphatic heterocycles. The smallest absolute Gasteiger partial charge is 0.255 e. The first-order valence-electron chi connectivity index (χ1n) is 8.73. The summed E-state index contributed by atoms with van der Waals surface area (Å²) in [5.74, 6) is 0.345. The molecule has 0 spiro atoms. The van der Waals surface area contributed by atoms with Gasteiger partial charge in [-0.3, -0.25) is 9.59 Å². The van der Waals surface area contributed by atoms with Crippen LogP contribution >= 0.6 is 0 Å². The molecule has 28 heavy (non-hydrogen) atoms. The fourth-order valence-corrected chi connectivity index (χ4v) is 2.50. The van der Waals surface area contributed by atoms with E-state index in [0.717, 1.165) is 11.3 Å². The summed E-state index contributed by atoms with van der Waals surface area (Å²) < 4.78 is 5.10. The lowest BCUT2D eigenvalue weighted by Gasteiger charge is -2.07. The number of ether oxygens (including phenoxy) is 1. The Morgan fingerprint density at radius 1 is 0.786 bits per heavy atom. The summed E-state index contributed by atoms with van der Waals surface area (Å²) in [6.45, 7) is 0. The maximum absolute atomic E-state index is 12.1. The molecule has 0 aromatic heterocycles. The van der Waals surface area contributed by atoms with Crippen LogP contribution in [-0.4, -0.2) is 18.9 Å². The molecule has 0 saturated carbocycles. The minimum atomic E-state index is -0.239. The second-order valence-corrected chi connectivity index (χ2v) is 5.99. The lowest BCUT2D eigenvalue weighted by atomic mass is 10.2. The molecule has 0 unspecified atom stereocenters. The highest BCUT2D eigenvalue weighted by Crippen LogP contribution is 2.15. The van der Waals surface area contributed by atoms with E-state index in [9.17, 15) is 9.59 Å². The molecule has 0 fully saturated rings. The molecule has 0 heterocycles. The largest absolute Gasteiger partial charge is 0.497 e. The number of methoxy groups -OCH3 is 1. The molecule has 2 N–H and O–H groups in total. The Bertz CT molecular complexity index is 963.